The predicted molar refractivity (Wildman–Crippen MR) is 109 cm³/mol. The zero-order valence-corrected chi connectivity index (χ0v) is 17.2. The first-order valence-electron chi connectivity index (χ1n) is 9.80. The van der Waals surface area contributed by atoms with E-state index in [0.29, 0.717) is 24.5 Å². The monoisotopic (exact) mass is 401 g/mol. The van der Waals surface area contributed by atoms with Gasteiger partial charge in [-0.1, -0.05) is 6.07 Å². The smallest absolute Gasteiger partial charge is 0.171 e. The third kappa shape index (κ3) is 5.14. The first kappa shape index (κ1) is 21.3. The van der Waals surface area contributed by atoms with Crippen LogP contribution in [-0.4, -0.2) is 45.1 Å². The maximum Gasteiger partial charge on any atom is 0.171 e. The fourth-order valence-corrected chi connectivity index (χ4v) is 3.96. The van der Waals surface area contributed by atoms with Gasteiger partial charge in [0.25, 0.3) is 0 Å². The van der Waals surface area contributed by atoms with Crippen molar-refractivity contribution < 1.29 is 23.4 Å². The number of ether oxygens (including phenoxy) is 3. The van der Waals surface area contributed by atoms with Gasteiger partial charge in [-0.05, 0) is 55.3 Å². The first-order valence-corrected chi connectivity index (χ1v) is 9.80. The van der Waals surface area contributed by atoms with Gasteiger partial charge in [0.2, 0.25) is 0 Å². The molecule has 156 valence electrons. The minimum atomic E-state index is -0.425. The number of benzene rings is 2. The molecule has 1 fully saturated rings. The molecular weight excluding hydrogens is 373 g/mol. The fraction of sp³-hybridized carbons (Fsp3) is 0.435. The van der Waals surface area contributed by atoms with Gasteiger partial charge in [0, 0.05) is 31.7 Å². The molecule has 6 heteroatoms. The van der Waals surface area contributed by atoms with E-state index in [-0.39, 0.29) is 11.7 Å². The second-order valence-electron chi connectivity index (χ2n) is 7.36. The molecule has 3 rings (SSSR count). The second kappa shape index (κ2) is 9.85. The second-order valence-corrected chi connectivity index (χ2v) is 7.36. The van der Waals surface area contributed by atoms with Crippen LogP contribution in [0.2, 0.25) is 0 Å². The quantitative estimate of drug-likeness (QED) is 0.624. The molecular formula is C23H28FNO4. The van der Waals surface area contributed by atoms with Crippen LogP contribution in [0.1, 0.15) is 34.3 Å². The molecule has 1 atom stereocenters. The summed E-state index contributed by atoms with van der Waals surface area (Å²) < 4.78 is 29.6. The van der Waals surface area contributed by atoms with Crippen LogP contribution in [0, 0.1) is 11.7 Å². The van der Waals surface area contributed by atoms with Crippen LogP contribution in [0.25, 0.3) is 0 Å². The van der Waals surface area contributed by atoms with Gasteiger partial charge >= 0.3 is 0 Å². The Morgan fingerprint density at radius 2 is 1.86 bits per heavy atom. The molecule has 1 aliphatic rings. The fourth-order valence-electron chi connectivity index (χ4n) is 3.96. The molecule has 0 aromatic heterocycles. The zero-order chi connectivity index (χ0) is 20.8. The lowest BCUT2D eigenvalue weighted by molar-refractivity contribution is 0.0808. The summed E-state index contributed by atoms with van der Waals surface area (Å²) in [5, 5.41) is 0. The molecule has 1 saturated heterocycles. The van der Waals surface area contributed by atoms with Crippen LogP contribution in [0.15, 0.2) is 36.4 Å². The molecule has 0 radical (unpaired) electrons. The lowest BCUT2D eigenvalue weighted by atomic mass is 9.89. The lowest BCUT2D eigenvalue weighted by Gasteiger charge is -2.32. The normalized spacial score (nSPS) is 17.2. The Morgan fingerprint density at radius 3 is 2.59 bits per heavy atom. The first-order chi connectivity index (χ1) is 14.0. The molecule has 0 N–H and O–H groups in total. The largest absolute Gasteiger partial charge is 0.496 e. The van der Waals surface area contributed by atoms with Crippen LogP contribution in [-0.2, 0) is 17.9 Å². The Hall–Kier alpha value is -2.44. The van der Waals surface area contributed by atoms with Crippen LogP contribution in [0.4, 0.5) is 4.39 Å². The number of halogens is 1. The minimum Gasteiger partial charge on any atom is -0.496 e. The van der Waals surface area contributed by atoms with Gasteiger partial charge < -0.3 is 14.2 Å². The predicted octanol–water partition coefficient (Wildman–Crippen LogP) is 4.08. The number of piperidine rings is 1. The number of hydrogen-bond acceptors (Lipinski definition) is 5. The molecule has 0 spiro atoms. The summed E-state index contributed by atoms with van der Waals surface area (Å²) in [6.45, 7) is 2.79. The SMILES string of the molecule is COCc1cc(CN2CCCC(C(=O)c3cc(F)ccc3OC)C2)ccc1OC. The molecule has 29 heavy (non-hydrogen) atoms. The van der Waals surface area contributed by atoms with Gasteiger partial charge in [-0.2, -0.15) is 0 Å². The van der Waals surface area contributed by atoms with Gasteiger partial charge in [-0.3, -0.25) is 9.69 Å². The molecule has 5 nitrogen and oxygen atoms in total. The summed E-state index contributed by atoms with van der Waals surface area (Å²) in [4.78, 5) is 15.3. The number of methoxy groups -OCH3 is 3. The van der Waals surface area contributed by atoms with Gasteiger partial charge in [-0.25, -0.2) is 4.39 Å². The molecule has 0 saturated carbocycles. The van der Waals surface area contributed by atoms with E-state index < -0.39 is 5.82 Å². The van der Waals surface area contributed by atoms with Crippen molar-refractivity contribution >= 4 is 5.78 Å². The van der Waals surface area contributed by atoms with Crippen molar-refractivity contribution in [2.75, 3.05) is 34.4 Å². The number of carbonyl (C=O) groups is 1. The standard InChI is InChI=1S/C23H28FNO4/c1-27-15-18-11-16(6-8-21(18)28-2)13-25-10-4-5-17(14-25)23(26)20-12-19(24)7-9-22(20)29-3/h6-9,11-12,17H,4-5,10,13-15H2,1-3H3. The van der Waals surface area contributed by atoms with Crippen molar-refractivity contribution in [1.82, 2.24) is 4.90 Å². The number of rotatable bonds is 8. The summed E-state index contributed by atoms with van der Waals surface area (Å²) in [6.07, 6.45) is 1.72. The topological polar surface area (TPSA) is 48.0 Å². The van der Waals surface area contributed by atoms with Crippen molar-refractivity contribution in [2.45, 2.75) is 26.0 Å². The van der Waals surface area contributed by atoms with E-state index in [1.54, 1.807) is 14.2 Å². The van der Waals surface area contributed by atoms with Crippen molar-refractivity contribution in [3.05, 3.63) is 58.9 Å². The average molecular weight is 401 g/mol. The number of carbonyl (C=O) groups excluding carboxylic acids is 1. The highest BCUT2D eigenvalue weighted by molar-refractivity contribution is 6.00. The number of hydrogen-bond donors (Lipinski definition) is 0. The molecule has 0 bridgehead atoms. The van der Waals surface area contributed by atoms with Crippen molar-refractivity contribution in [3.8, 4) is 11.5 Å². The van der Waals surface area contributed by atoms with Crippen LogP contribution < -0.4 is 9.47 Å². The number of ketones is 1. The molecule has 1 aliphatic heterocycles. The number of likely N-dealkylation sites (tertiary alicyclic amines) is 1. The van der Waals surface area contributed by atoms with E-state index >= 15 is 0 Å². The molecule has 1 unspecified atom stereocenters. The molecule has 2 aromatic carbocycles. The van der Waals surface area contributed by atoms with E-state index in [1.165, 1.54) is 25.3 Å². The summed E-state index contributed by atoms with van der Waals surface area (Å²) in [7, 11) is 4.81. The van der Waals surface area contributed by atoms with Crippen molar-refractivity contribution in [1.29, 1.82) is 0 Å². The average Bonchev–Trinajstić information content (AvgIpc) is 2.74. The van der Waals surface area contributed by atoms with Gasteiger partial charge in [0.05, 0.1) is 26.4 Å². The number of Topliss-reactive ketones (excluding diaryl/α,β-unsaturated/α-hetero) is 1. The minimum absolute atomic E-state index is 0.0548. The third-order valence-electron chi connectivity index (χ3n) is 5.35. The highest BCUT2D eigenvalue weighted by atomic mass is 19.1. The van der Waals surface area contributed by atoms with Crippen LogP contribution >= 0.6 is 0 Å². The molecule has 2 aromatic rings. The molecule has 0 amide bonds. The molecule has 1 heterocycles. The highest BCUT2D eigenvalue weighted by Crippen LogP contribution is 2.28. The van der Waals surface area contributed by atoms with Gasteiger partial charge in [0.1, 0.15) is 17.3 Å². The Kier molecular flexibility index (Phi) is 7.23. The summed E-state index contributed by atoms with van der Waals surface area (Å²) in [6, 6.07) is 10.2. The zero-order valence-electron chi connectivity index (χ0n) is 17.2. The van der Waals surface area contributed by atoms with Crippen molar-refractivity contribution in [2.24, 2.45) is 5.92 Å². The molecule has 0 aliphatic carbocycles. The van der Waals surface area contributed by atoms with Crippen LogP contribution in [0.5, 0.6) is 11.5 Å². The van der Waals surface area contributed by atoms with E-state index in [2.05, 4.69) is 11.0 Å². The van der Waals surface area contributed by atoms with E-state index in [9.17, 15) is 9.18 Å². The van der Waals surface area contributed by atoms with Crippen molar-refractivity contribution in [3.63, 3.8) is 0 Å². The summed E-state index contributed by atoms with van der Waals surface area (Å²) in [5.74, 6) is 0.580. The third-order valence-corrected chi connectivity index (χ3v) is 5.35. The maximum atomic E-state index is 13.7. The van der Waals surface area contributed by atoms with Gasteiger partial charge in [0.15, 0.2) is 5.78 Å². The lowest BCUT2D eigenvalue weighted by Crippen LogP contribution is -2.38. The van der Waals surface area contributed by atoms with E-state index in [4.69, 9.17) is 14.2 Å². The maximum absolute atomic E-state index is 13.7. The summed E-state index contributed by atoms with van der Waals surface area (Å²) >= 11 is 0. The number of nitrogens with zero attached hydrogens (tertiary/aromatic N) is 1. The van der Waals surface area contributed by atoms with E-state index in [0.717, 1.165) is 42.8 Å². The Morgan fingerprint density at radius 1 is 1.10 bits per heavy atom. The Balaban J connectivity index is 1.72. The van der Waals surface area contributed by atoms with Crippen LogP contribution in [0.3, 0.4) is 0 Å². The van der Waals surface area contributed by atoms with E-state index in [1.807, 2.05) is 12.1 Å². The Bertz CT molecular complexity index is 855. The van der Waals surface area contributed by atoms with Gasteiger partial charge in [-0.15, -0.1) is 0 Å². The highest BCUT2D eigenvalue weighted by Gasteiger charge is 2.28. The Labute approximate surface area is 171 Å². The summed E-state index contributed by atoms with van der Waals surface area (Å²) in [5.41, 5.74) is 2.47.